The van der Waals surface area contributed by atoms with Crippen molar-refractivity contribution in [3.05, 3.63) is 47.5 Å². The largest absolute Gasteiger partial charge is 0.493 e. The highest BCUT2D eigenvalue weighted by atomic mass is 19.1. The molecule has 0 aliphatic carbocycles. The van der Waals surface area contributed by atoms with Gasteiger partial charge in [-0.05, 0) is 24.3 Å². The van der Waals surface area contributed by atoms with Crippen molar-refractivity contribution >= 4 is 17.3 Å². The van der Waals surface area contributed by atoms with Crippen LogP contribution in [0.3, 0.4) is 0 Å². The summed E-state index contributed by atoms with van der Waals surface area (Å²) in [5.41, 5.74) is 0.966. The third-order valence-corrected chi connectivity index (χ3v) is 4.15. The van der Waals surface area contributed by atoms with E-state index in [4.69, 9.17) is 19.0 Å². The van der Waals surface area contributed by atoms with Crippen LogP contribution >= 0.6 is 0 Å². The van der Waals surface area contributed by atoms with Crippen molar-refractivity contribution in [2.75, 3.05) is 26.6 Å². The van der Waals surface area contributed by atoms with Gasteiger partial charge in [0, 0.05) is 18.1 Å². The van der Waals surface area contributed by atoms with Gasteiger partial charge in [0.25, 0.3) is 5.91 Å². The lowest BCUT2D eigenvalue weighted by Gasteiger charge is -2.14. The Morgan fingerprint density at radius 3 is 2.36 bits per heavy atom. The van der Waals surface area contributed by atoms with Gasteiger partial charge in [0.1, 0.15) is 11.6 Å². The summed E-state index contributed by atoms with van der Waals surface area (Å²) in [5, 5.41) is 6.31. The molecule has 2 aromatic rings. The van der Waals surface area contributed by atoms with Crippen molar-refractivity contribution < 1.29 is 32.6 Å². The summed E-state index contributed by atoms with van der Waals surface area (Å²) < 4.78 is 42.6. The van der Waals surface area contributed by atoms with Gasteiger partial charge in [-0.15, -0.1) is 0 Å². The first-order chi connectivity index (χ1) is 13.5. The van der Waals surface area contributed by atoms with Crippen LogP contribution in [0.25, 0.3) is 0 Å². The molecule has 9 heteroatoms. The molecular weight excluding hydrogens is 374 g/mol. The van der Waals surface area contributed by atoms with E-state index in [1.807, 2.05) is 0 Å². The average molecular weight is 392 g/mol. The Hall–Kier alpha value is -3.36. The molecule has 2 aromatic carbocycles. The second kappa shape index (κ2) is 8.12. The van der Waals surface area contributed by atoms with E-state index in [1.54, 1.807) is 12.1 Å². The summed E-state index contributed by atoms with van der Waals surface area (Å²) >= 11 is 0. The molecule has 1 aliphatic heterocycles. The zero-order valence-corrected chi connectivity index (χ0v) is 15.4. The van der Waals surface area contributed by atoms with Gasteiger partial charge in [-0.3, -0.25) is 4.79 Å². The van der Waals surface area contributed by atoms with E-state index in [9.17, 15) is 13.6 Å². The number of carbonyl (C=O) groups excluding carboxylic acids is 1. The minimum absolute atomic E-state index is 0.142. The van der Waals surface area contributed by atoms with Crippen molar-refractivity contribution in [2.45, 2.75) is 12.5 Å². The molecule has 0 fully saturated rings. The smallest absolute Gasteiger partial charge is 0.268 e. The first kappa shape index (κ1) is 19.4. The normalized spacial score (nSPS) is 15.5. The number of anilines is 1. The van der Waals surface area contributed by atoms with E-state index in [0.717, 1.165) is 12.1 Å². The van der Waals surface area contributed by atoms with Crippen molar-refractivity contribution in [3.8, 4) is 17.2 Å². The zero-order valence-electron chi connectivity index (χ0n) is 15.4. The highest BCUT2D eigenvalue weighted by molar-refractivity contribution is 6.06. The van der Waals surface area contributed by atoms with Crippen LogP contribution in [-0.2, 0) is 9.63 Å². The summed E-state index contributed by atoms with van der Waals surface area (Å²) in [6, 6.07) is 6.24. The monoisotopic (exact) mass is 392 g/mol. The van der Waals surface area contributed by atoms with Crippen molar-refractivity contribution in [1.29, 1.82) is 0 Å². The molecule has 0 aromatic heterocycles. The number of hydrogen-bond donors (Lipinski definition) is 1. The molecule has 1 atom stereocenters. The van der Waals surface area contributed by atoms with Gasteiger partial charge in [-0.25, -0.2) is 8.78 Å². The number of halogens is 2. The van der Waals surface area contributed by atoms with Gasteiger partial charge >= 0.3 is 0 Å². The number of methoxy groups -OCH3 is 3. The van der Waals surface area contributed by atoms with Crippen molar-refractivity contribution in [3.63, 3.8) is 0 Å². The lowest BCUT2D eigenvalue weighted by atomic mass is 10.0. The molecule has 1 heterocycles. The summed E-state index contributed by atoms with van der Waals surface area (Å²) in [6.07, 6.45) is -0.814. The molecule has 3 rings (SSSR count). The maximum absolute atomic E-state index is 13.7. The van der Waals surface area contributed by atoms with E-state index in [-0.39, 0.29) is 12.1 Å². The fraction of sp³-hybridized carbons (Fsp3) is 0.263. The number of carbonyl (C=O) groups is 1. The van der Waals surface area contributed by atoms with E-state index < -0.39 is 23.6 Å². The van der Waals surface area contributed by atoms with E-state index in [2.05, 4.69) is 10.5 Å². The molecular formula is C19H18F2N2O5. The Bertz CT molecular complexity index is 908. The molecule has 0 saturated carbocycles. The Morgan fingerprint density at radius 2 is 1.79 bits per heavy atom. The summed E-state index contributed by atoms with van der Waals surface area (Å²) in [5.74, 6) is -0.925. The molecule has 1 unspecified atom stereocenters. The van der Waals surface area contributed by atoms with E-state index in [0.29, 0.717) is 34.6 Å². The lowest BCUT2D eigenvalue weighted by molar-refractivity contribution is -0.125. The van der Waals surface area contributed by atoms with Crippen LogP contribution in [0.15, 0.2) is 35.5 Å². The SMILES string of the molecule is COc1cc(C2=NOC(C(=O)Nc3ccc(F)cc3F)C2)cc(OC)c1OC. The van der Waals surface area contributed by atoms with Crippen LogP contribution in [0, 0.1) is 11.6 Å². The van der Waals surface area contributed by atoms with Gasteiger partial charge in [0.2, 0.25) is 11.9 Å². The molecule has 7 nitrogen and oxygen atoms in total. The number of oxime groups is 1. The fourth-order valence-corrected chi connectivity index (χ4v) is 2.74. The lowest BCUT2D eigenvalue weighted by Crippen LogP contribution is -2.28. The summed E-state index contributed by atoms with van der Waals surface area (Å²) in [6.45, 7) is 0. The van der Waals surface area contributed by atoms with Gasteiger partial charge in [-0.2, -0.15) is 0 Å². The Kier molecular flexibility index (Phi) is 5.62. The van der Waals surface area contributed by atoms with Gasteiger partial charge in [-0.1, -0.05) is 5.16 Å². The van der Waals surface area contributed by atoms with Crippen LogP contribution in [0.5, 0.6) is 17.2 Å². The maximum Gasteiger partial charge on any atom is 0.268 e. The molecule has 0 saturated heterocycles. The Balaban J connectivity index is 1.75. The molecule has 0 radical (unpaired) electrons. The number of nitrogens with one attached hydrogen (secondary N) is 1. The molecule has 148 valence electrons. The number of nitrogens with zero attached hydrogens (tertiary/aromatic N) is 1. The number of rotatable bonds is 6. The summed E-state index contributed by atoms with van der Waals surface area (Å²) in [4.78, 5) is 17.5. The second-order valence-corrected chi connectivity index (χ2v) is 5.86. The standard InChI is InChI=1S/C19H18F2N2O5/c1-25-15-6-10(7-16(26-2)18(15)27-3)14-9-17(28-23-14)19(24)22-13-5-4-11(20)8-12(13)21/h4-8,17H,9H2,1-3H3,(H,22,24). The average Bonchev–Trinajstić information content (AvgIpc) is 3.19. The quantitative estimate of drug-likeness (QED) is 0.817. The number of ether oxygens (including phenoxy) is 3. The molecule has 1 N–H and O–H groups in total. The first-order valence-corrected chi connectivity index (χ1v) is 8.25. The molecule has 1 amide bonds. The summed E-state index contributed by atoms with van der Waals surface area (Å²) in [7, 11) is 4.47. The maximum atomic E-state index is 13.7. The van der Waals surface area contributed by atoms with E-state index >= 15 is 0 Å². The second-order valence-electron chi connectivity index (χ2n) is 5.86. The van der Waals surface area contributed by atoms with Crippen LogP contribution in [0.1, 0.15) is 12.0 Å². The van der Waals surface area contributed by atoms with Crippen LogP contribution in [0.4, 0.5) is 14.5 Å². The van der Waals surface area contributed by atoms with Crippen molar-refractivity contribution in [1.82, 2.24) is 0 Å². The van der Waals surface area contributed by atoms with Gasteiger partial charge < -0.3 is 24.4 Å². The topological polar surface area (TPSA) is 78.4 Å². The molecule has 0 spiro atoms. The third-order valence-electron chi connectivity index (χ3n) is 4.15. The van der Waals surface area contributed by atoms with Gasteiger partial charge in [0.15, 0.2) is 11.5 Å². The minimum Gasteiger partial charge on any atom is -0.493 e. The number of hydrogen-bond acceptors (Lipinski definition) is 6. The predicted octanol–water partition coefficient (Wildman–Crippen LogP) is 3.12. The predicted molar refractivity (Wildman–Crippen MR) is 97.1 cm³/mol. The third kappa shape index (κ3) is 3.83. The van der Waals surface area contributed by atoms with E-state index in [1.165, 1.54) is 21.3 Å². The molecule has 28 heavy (non-hydrogen) atoms. The Labute approximate surface area is 159 Å². The fourth-order valence-electron chi connectivity index (χ4n) is 2.74. The van der Waals surface area contributed by atoms with Crippen LogP contribution < -0.4 is 19.5 Å². The molecule has 0 bridgehead atoms. The minimum atomic E-state index is -0.960. The van der Waals surface area contributed by atoms with Crippen molar-refractivity contribution in [2.24, 2.45) is 5.16 Å². The Morgan fingerprint density at radius 1 is 1.11 bits per heavy atom. The highest BCUT2D eigenvalue weighted by Gasteiger charge is 2.30. The van der Waals surface area contributed by atoms with Gasteiger partial charge in [0.05, 0.1) is 32.7 Å². The molecule has 1 aliphatic rings. The number of amides is 1. The highest BCUT2D eigenvalue weighted by Crippen LogP contribution is 2.39. The zero-order chi connectivity index (χ0) is 20.3. The number of benzene rings is 2. The first-order valence-electron chi connectivity index (χ1n) is 8.25. The van der Waals surface area contributed by atoms with Crippen LogP contribution in [0.2, 0.25) is 0 Å². The van der Waals surface area contributed by atoms with Crippen LogP contribution in [-0.4, -0.2) is 39.1 Å².